The van der Waals surface area contributed by atoms with Crippen molar-refractivity contribution in [3.05, 3.63) is 53.5 Å². The van der Waals surface area contributed by atoms with Crippen LogP contribution < -0.4 is 5.32 Å². The van der Waals surface area contributed by atoms with Crippen molar-refractivity contribution in [2.24, 2.45) is 0 Å². The average molecular weight is 282 g/mol. The van der Waals surface area contributed by atoms with Crippen LogP contribution in [-0.2, 0) is 0 Å². The van der Waals surface area contributed by atoms with E-state index in [9.17, 15) is 4.39 Å². The SMILES string of the molecule is Cc1ccc2c3n(nc2n1)C(c1cccc(F)c1)CCN3. The van der Waals surface area contributed by atoms with Crippen LogP contribution in [0.5, 0.6) is 0 Å². The minimum absolute atomic E-state index is 0.0476. The summed E-state index contributed by atoms with van der Waals surface area (Å²) in [6, 6.07) is 10.8. The van der Waals surface area contributed by atoms with Gasteiger partial charge in [-0.25, -0.2) is 14.1 Å². The van der Waals surface area contributed by atoms with Gasteiger partial charge in [-0.2, -0.15) is 0 Å². The van der Waals surface area contributed by atoms with Crippen LogP contribution in [0.3, 0.4) is 0 Å². The number of rotatable bonds is 1. The Morgan fingerprint density at radius 1 is 1.29 bits per heavy atom. The molecular formula is C16H15FN4. The van der Waals surface area contributed by atoms with Gasteiger partial charge in [-0.1, -0.05) is 12.1 Å². The summed E-state index contributed by atoms with van der Waals surface area (Å²) in [6.07, 6.45) is 0.878. The van der Waals surface area contributed by atoms with Crippen LogP contribution in [-0.4, -0.2) is 21.3 Å². The molecule has 0 radical (unpaired) electrons. The van der Waals surface area contributed by atoms with Crippen molar-refractivity contribution < 1.29 is 4.39 Å². The molecule has 1 aliphatic heterocycles. The molecule has 1 atom stereocenters. The van der Waals surface area contributed by atoms with E-state index < -0.39 is 0 Å². The van der Waals surface area contributed by atoms with Gasteiger partial charge in [-0.3, -0.25) is 0 Å². The summed E-state index contributed by atoms with van der Waals surface area (Å²) in [6.45, 7) is 2.80. The van der Waals surface area contributed by atoms with Crippen LogP contribution >= 0.6 is 0 Å². The fourth-order valence-corrected chi connectivity index (χ4v) is 2.95. The standard InChI is InChI=1S/C16H15FN4/c1-10-5-6-13-15(19-10)20-21-14(7-8-18-16(13)21)11-3-2-4-12(17)9-11/h2-6,9,14,18H,7-8H2,1H3. The molecule has 1 aromatic carbocycles. The number of nitrogens with one attached hydrogen (secondary N) is 1. The van der Waals surface area contributed by atoms with Crippen molar-refractivity contribution in [2.75, 3.05) is 11.9 Å². The molecule has 1 N–H and O–H groups in total. The molecular weight excluding hydrogens is 267 g/mol. The normalized spacial score (nSPS) is 17.5. The van der Waals surface area contributed by atoms with Crippen molar-refractivity contribution in [2.45, 2.75) is 19.4 Å². The number of aromatic nitrogens is 3. The Hall–Kier alpha value is -2.43. The summed E-state index contributed by atoms with van der Waals surface area (Å²) in [5.74, 6) is 0.760. The predicted molar refractivity (Wildman–Crippen MR) is 79.9 cm³/mol. The molecule has 1 unspecified atom stereocenters. The third kappa shape index (κ3) is 1.96. The van der Waals surface area contributed by atoms with Gasteiger partial charge in [-0.15, -0.1) is 5.10 Å². The Labute approximate surface area is 121 Å². The molecule has 4 nitrogen and oxygen atoms in total. The van der Waals surface area contributed by atoms with Crippen molar-refractivity contribution >= 4 is 16.9 Å². The van der Waals surface area contributed by atoms with Crippen LogP contribution in [0.2, 0.25) is 0 Å². The van der Waals surface area contributed by atoms with Gasteiger partial charge in [0.05, 0.1) is 11.4 Å². The molecule has 0 spiro atoms. The molecule has 2 aromatic heterocycles. The van der Waals surface area contributed by atoms with Gasteiger partial charge >= 0.3 is 0 Å². The van der Waals surface area contributed by atoms with E-state index in [0.29, 0.717) is 0 Å². The average Bonchev–Trinajstić information content (AvgIpc) is 2.84. The topological polar surface area (TPSA) is 42.7 Å². The zero-order chi connectivity index (χ0) is 14.4. The largest absolute Gasteiger partial charge is 0.370 e. The Morgan fingerprint density at radius 2 is 2.19 bits per heavy atom. The highest BCUT2D eigenvalue weighted by Gasteiger charge is 2.25. The zero-order valence-electron chi connectivity index (χ0n) is 11.7. The molecule has 0 saturated carbocycles. The second-order valence-corrected chi connectivity index (χ2v) is 5.40. The van der Waals surface area contributed by atoms with E-state index in [0.717, 1.165) is 41.1 Å². The first-order valence-corrected chi connectivity index (χ1v) is 7.07. The smallest absolute Gasteiger partial charge is 0.183 e. The molecule has 1 aliphatic rings. The first-order chi connectivity index (χ1) is 10.2. The number of fused-ring (bicyclic) bond motifs is 3. The second-order valence-electron chi connectivity index (χ2n) is 5.40. The van der Waals surface area contributed by atoms with Gasteiger partial charge in [0.2, 0.25) is 0 Å². The highest BCUT2D eigenvalue weighted by Crippen LogP contribution is 2.34. The van der Waals surface area contributed by atoms with Crippen LogP contribution in [0.25, 0.3) is 11.0 Å². The number of hydrogen-bond acceptors (Lipinski definition) is 3. The summed E-state index contributed by atoms with van der Waals surface area (Å²) in [7, 11) is 0. The van der Waals surface area contributed by atoms with Crippen molar-refractivity contribution in [1.29, 1.82) is 0 Å². The lowest BCUT2D eigenvalue weighted by Crippen LogP contribution is -2.24. The first kappa shape index (κ1) is 12.3. The molecule has 4 rings (SSSR count). The summed E-state index contributed by atoms with van der Waals surface area (Å²) in [5, 5.41) is 9.02. The molecule has 5 heteroatoms. The Balaban J connectivity index is 1.90. The van der Waals surface area contributed by atoms with E-state index in [1.807, 2.05) is 29.8 Å². The van der Waals surface area contributed by atoms with Crippen LogP contribution in [0.15, 0.2) is 36.4 Å². The maximum Gasteiger partial charge on any atom is 0.183 e. The molecule has 0 amide bonds. The van der Waals surface area contributed by atoms with E-state index in [4.69, 9.17) is 0 Å². The summed E-state index contributed by atoms with van der Waals surface area (Å²) < 4.78 is 15.4. The third-order valence-corrected chi connectivity index (χ3v) is 3.94. The fourth-order valence-electron chi connectivity index (χ4n) is 2.95. The number of benzene rings is 1. The summed E-state index contributed by atoms with van der Waals surface area (Å²) >= 11 is 0. The summed E-state index contributed by atoms with van der Waals surface area (Å²) in [5.41, 5.74) is 2.63. The number of halogens is 1. The van der Waals surface area contributed by atoms with E-state index in [1.165, 1.54) is 6.07 Å². The lowest BCUT2D eigenvalue weighted by Gasteiger charge is -2.26. The van der Waals surface area contributed by atoms with Gasteiger partial charge < -0.3 is 5.32 Å². The molecule has 106 valence electrons. The van der Waals surface area contributed by atoms with Gasteiger partial charge in [0, 0.05) is 12.2 Å². The second kappa shape index (κ2) is 4.55. The number of aryl methyl sites for hydroxylation is 1. The Morgan fingerprint density at radius 3 is 3.05 bits per heavy atom. The monoisotopic (exact) mass is 282 g/mol. The van der Waals surface area contributed by atoms with Crippen LogP contribution in [0.1, 0.15) is 23.7 Å². The fraction of sp³-hybridized carbons (Fsp3) is 0.250. The maximum absolute atomic E-state index is 13.5. The highest BCUT2D eigenvalue weighted by molar-refractivity contribution is 5.88. The van der Waals surface area contributed by atoms with Gasteiger partial charge in [-0.05, 0) is 43.2 Å². The lowest BCUT2D eigenvalue weighted by atomic mass is 10.0. The molecule has 0 fully saturated rings. The number of pyridine rings is 1. The number of hydrogen-bond donors (Lipinski definition) is 1. The maximum atomic E-state index is 13.5. The van der Waals surface area contributed by atoms with Gasteiger partial charge in [0.15, 0.2) is 5.65 Å². The minimum atomic E-state index is -0.210. The third-order valence-electron chi connectivity index (χ3n) is 3.94. The van der Waals surface area contributed by atoms with E-state index >= 15 is 0 Å². The van der Waals surface area contributed by atoms with Gasteiger partial charge in [0.1, 0.15) is 11.6 Å². The molecule has 0 saturated heterocycles. The first-order valence-electron chi connectivity index (χ1n) is 7.07. The molecule has 0 aliphatic carbocycles. The quantitative estimate of drug-likeness (QED) is 0.745. The zero-order valence-corrected chi connectivity index (χ0v) is 11.7. The van der Waals surface area contributed by atoms with E-state index in [2.05, 4.69) is 15.4 Å². The highest BCUT2D eigenvalue weighted by atomic mass is 19.1. The van der Waals surface area contributed by atoms with Gasteiger partial charge in [0.25, 0.3) is 0 Å². The summed E-state index contributed by atoms with van der Waals surface area (Å²) in [4.78, 5) is 4.48. The lowest BCUT2D eigenvalue weighted by molar-refractivity contribution is 0.482. The molecule has 21 heavy (non-hydrogen) atoms. The predicted octanol–water partition coefficient (Wildman–Crippen LogP) is 3.28. The van der Waals surface area contributed by atoms with Crippen LogP contribution in [0, 0.1) is 12.7 Å². The number of anilines is 1. The van der Waals surface area contributed by atoms with E-state index in [1.54, 1.807) is 12.1 Å². The van der Waals surface area contributed by atoms with Crippen molar-refractivity contribution in [3.8, 4) is 0 Å². The molecule has 3 aromatic rings. The molecule has 0 bridgehead atoms. The Kier molecular flexibility index (Phi) is 2.67. The van der Waals surface area contributed by atoms with E-state index in [-0.39, 0.29) is 11.9 Å². The van der Waals surface area contributed by atoms with Crippen molar-refractivity contribution in [3.63, 3.8) is 0 Å². The number of nitrogens with zero attached hydrogens (tertiary/aromatic N) is 3. The molecule has 3 heterocycles. The minimum Gasteiger partial charge on any atom is -0.370 e. The van der Waals surface area contributed by atoms with Crippen LogP contribution in [0.4, 0.5) is 10.2 Å². The Bertz CT molecular complexity index is 824. The van der Waals surface area contributed by atoms with Crippen molar-refractivity contribution in [1.82, 2.24) is 14.8 Å².